The summed E-state index contributed by atoms with van der Waals surface area (Å²) in [6, 6.07) is 108. The molecule has 10 rings (SSSR count). The fourth-order valence-corrected chi connectivity index (χ4v) is 19.7. The van der Waals surface area contributed by atoms with Crippen LogP contribution < -0.4 is 31.8 Å². The average Bonchev–Trinajstić information content (AvgIpc) is 3.41. The van der Waals surface area contributed by atoms with Gasteiger partial charge in [-0.15, -0.1) is 0 Å². The fraction of sp³-hybridized carbons (Fsp3) is 0.0312. The summed E-state index contributed by atoms with van der Waals surface area (Å²) in [5.41, 5.74) is 9.90. The Kier molecular flexibility index (Phi) is 12.9. The van der Waals surface area contributed by atoms with Crippen LogP contribution in [0.3, 0.4) is 0 Å². The maximum atomic E-state index is 2.39. The van der Waals surface area contributed by atoms with Crippen molar-refractivity contribution in [2.75, 3.05) is 0 Å². The summed E-state index contributed by atoms with van der Waals surface area (Å²) in [4.78, 5) is 0. The molecule has 0 unspecified atom stereocenters. The Morgan fingerprint density at radius 2 is 0.379 bits per heavy atom. The van der Waals surface area contributed by atoms with Crippen molar-refractivity contribution >= 4 is 57.5 Å². The second kappa shape index (κ2) is 19.9. The second-order valence-electron chi connectivity index (χ2n) is 17.2. The van der Waals surface area contributed by atoms with Crippen LogP contribution in [0, 0.1) is 0 Å². The molecule has 0 fully saturated rings. The Morgan fingerprint density at radius 3 is 0.591 bits per heavy atom. The van der Waals surface area contributed by atoms with E-state index in [1.54, 1.807) is 0 Å². The number of benzene rings is 10. The van der Waals surface area contributed by atoms with Crippen LogP contribution in [0.25, 0.3) is 11.1 Å². The first-order chi connectivity index (χ1) is 32.7. The van der Waals surface area contributed by atoms with E-state index in [1.807, 2.05) is 0 Å². The Morgan fingerprint density at radius 1 is 0.197 bits per heavy atom. The molecule has 0 amide bonds. The van der Waals surface area contributed by atoms with E-state index in [9.17, 15) is 0 Å². The predicted molar refractivity (Wildman–Crippen MR) is 291 cm³/mol. The number of hydrogen-bond donors (Lipinski definition) is 0. The molecule has 66 heavy (non-hydrogen) atoms. The quantitative estimate of drug-likeness (QED) is 0.0754. The molecule has 0 aromatic heterocycles. The SMILES string of the molecule is c1ccc(C(=C(c2ccccc2)c2ccc(C[PH](c3ccccc3)(c3ccccc3)c3ccccc3)cc2)c2ccc(C[PH](c3ccccc3)(c3ccccc3)c3ccccc3)cc2)cc1. The Balaban J connectivity index is 1.10. The molecule has 0 saturated carbocycles. The number of hydrogen-bond acceptors (Lipinski definition) is 0. The maximum absolute atomic E-state index is 2.50. The molecule has 0 saturated heterocycles. The van der Waals surface area contributed by atoms with Crippen molar-refractivity contribution in [3.8, 4) is 0 Å². The van der Waals surface area contributed by atoms with Crippen LogP contribution in [0.2, 0.25) is 0 Å². The van der Waals surface area contributed by atoms with Crippen LogP contribution in [-0.2, 0) is 12.3 Å². The first-order valence-corrected chi connectivity index (χ1v) is 27.5. The molecule has 0 N–H and O–H groups in total. The van der Waals surface area contributed by atoms with Gasteiger partial charge in [0.1, 0.15) is 0 Å². The zero-order chi connectivity index (χ0) is 44.4. The molecule has 0 atom stereocenters. The van der Waals surface area contributed by atoms with Gasteiger partial charge in [0.15, 0.2) is 0 Å². The van der Waals surface area contributed by atoms with Crippen molar-refractivity contribution in [3.63, 3.8) is 0 Å². The first kappa shape index (κ1) is 42.7. The van der Waals surface area contributed by atoms with Gasteiger partial charge in [0.05, 0.1) is 0 Å². The summed E-state index contributed by atoms with van der Waals surface area (Å²) in [6.45, 7) is 0. The van der Waals surface area contributed by atoms with Crippen LogP contribution in [0.5, 0.6) is 0 Å². The molecule has 0 aliphatic carbocycles. The van der Waals surface area contributed by atoms with E-state index in [2.05, 4.69) is 291 Å². The van der Waals surface area contributed by atoms with Crippen molar-refractivity contribution < 1.29 is 0 Å². The van der Waals surface area contributed by atoms with Gasteiger partial charge < -0.3 is 0 Å². The Labute approximate surface area is 392 Å². The molecule has 0 nitrogen and oxygen atoms in total. The van der Waals surface area contributed by atoms with E-state index in [-0.39, 0.29) is 0 Å². The standard InChI is InChI=1S/C64H54P2/c1-9-25-53(26-10-1)63(55-45-41-51(42-46-55)49-65(57-29-13-3-14-30-57,58-31-15-4-16-32-58)59-33-17-5-18-34-59)64(54-27-11-2-12-28-54)56-47-43-52(44-48-56)50-66(60-35-19-6-20-36-60,61-37-21-7-22-38-61)62-39-23-8-24-40-62/h1-48,65-66H,49-50H2. The molecule has 0 radical (unpaired) electrons. The van der Waals surface area contributed by atoms with Gasteiger partial charge in [-0.2, -0.15) is 0 Å². The molecule has 10 aromatic rings. The fourth-order valence-electron chi connectivity index (χ4n) is 10.3. The van der Waals surface area contributed by atoms with Gasteiger partial charge in [-0.1, -0.05) is 0 Å². The van der Waals surface area contributed by atoms with E-state index in [4.69, 9.17) is 0 Å². The van der Waals surface area contributed by atoms with Crippen LogP contribution in [-0.4, -0.2) is 0 Å². The zero-order valence-corrected chi connectivity index (χ0v) is 39.1. The van der Waals surface area contributed by atoms with Crippen LogP contribution in [0.15, 0.2) is 291 Å². The molecular formula is C64H54P2. The van der Waals surface area contributed by atoms with Crippen LogP contribution >= 0.6 is 14.5 Å². The summed E-state index contributed by atoms with van der Waals surface area (Å²) >= 11 is 0. The van der Waals surface area contributed by atoms with Crippen molar-refractivity contribution in [1.29, 1.82) is 0 Å². The van der Waals surface area contributed by atoms with E-state index < -0.39 is 14.5 Å². The van der Waals surface area contributed by atoms with Gasteiger partial charge in [-0.3, -0.25) is 0 Å². The van der Waals surface area contributed by atoms with Crippen molar-refractivity contribution in [1.82, 2.24) is 0 Å². The predicted octanol–water partition coefficient (Wildman–Crippen LogP) is 13.1. The minimum atomic E-state index is -2.50. The molecule has 0 spiro atoms. The van der Waals surface area contributed by atoms with Crippen LogP contribution in [0.4, 0.5) is 0 Å². The topological polar surface area (TPSA) is 0 Å². The van der Waals surface area contributed by atoms with Crippen molar-refractivity contribution in [3.05, 3.63) is 325 Å². The second-order valence-corrected chi connectivity index (χ2v) is 25.0. The van der Waals surface area contributed by atoms with E-state index in [0.29, 0.717) is 0 Å². The van der Waals surface area contributed by atoms with Crippen molar-refractivity contribution in [2.45, 2.75) is 12.3 Å². The molecule has 0 aliphatic rings. The summed E-state index contributed by atoms with van der Waals surface area (Å²) in [5, 5.41) is 8.51. The van der Waals surface area contributed by atoms with Gasteiger partial charge in [0.25, 0.3) is 0 Å². The summed E-state index contributed by atoms with van der Waals surface area (Å²) in [6.07, 6.45) is 1.89. The van der Waals surface area contributed by atoms with E-state index in [1.165, 1.54) is 76.4 Å². The van der Waals surface area contributed by atoms with Gasteiger partial charge >= 0.3 is 394 Å². The Hall–Kier alpha value is -7.20. The summed E-state index contributed by atoms with van der Waals surface area (Å²) in [5.74, 6) is 0. The first-order valence-electron chi connectivity index (χ1n) is 23.1. The zero-order valence-electron chi connectivity index (χ0n) is 37.1. The average molecular weight is 885 g/mol. The summed E-state index contributed by atoms with van der Waals surface area (Å²) in [7, 11) is -4.99. The molecule has 2 heteroatoms. The molecular weight excluding hydrogens is 831 g/mol. The van der Waals surface area contributed by atoms with E-state index >= 15 is 0 Å². The van der Waals surface area contributed by atoms with Crippen molar-refractivity contribution in [2.24, 2.45) is 0 Å². The van der Waals surface area contributed by atoms with Gasteiger partial charge in [-0.25, -0.2) is 0 Å². The number of rotatable bonds is 14. The third-order valence-electron chi connectivity index (χ3n) is 13.4. The third kappa shape index (κ3) is 8.67. The van der Waals surface area contributed by atoms with Gasteiger partial charge in [0, 0.05) is 0 Å². The van der Waals surface area contributed by atoms with Gasteiger partial charge in [-0.05, 0) is 0 Å². The monoisotopic (exact) mass is 884 g/mol. The molecule has 0 heterocycles. The molecule has 0 bridgehead atoms. The molecule has 320 valence electrons. The van der Waals surface area contributed by atoms with E-state index in [0.717, 1.165) is 12.3 Å². The van der Waals surface area contributed by atoms with Gasteiger partial charge in [0.2, 0.25) is 0 Å². The normalized spacial score (nSPS) is 12.5. The molecule has 10 aromatic carbocycles. The third-order valence-corrected chi connectivity index (χ3v) is 23.2. The Bertz CT molecular complexity index is 2690. The minimum absolute atomic E-state index is 0.947. The summed E-state index contributed by atoms with van der Waals surface area (Å²) < 4.78 is 0. The van der Waals surface area contributed by atoms with Crippen LogP contribution in [0.1, 0.15) is 33.4 Å². The molecule has 0 aliphatic heterocycles.